The highest BCUT2D eigenvalue weighted by molar-refractivity contribution is 7.92. The van der Waals surface area contributed by atoms with Crippen LogP contribution in [-0.4, -0.2) is 31.4 Å². The number of hydrogen-bond donors (Lipinski definition) is 1. The lowest BCUT2D eigenvalue weighted by molar-refractivity contribution is 0.0697. The van der Waals surface area contributed by atoms with Gasteiger partial charge in [-0.15, -0.1) is 0 Å². The predicted molar refractivity (Wildman–Crippen MR) is 100 cm³/mol. The Labute approximate surface area is 155 Å². The molecule has 0 spiro atoms. The first-order valence-electron chi connectivity index (χ1n) is 8.31. The Hall–Kier alpha value is -2.87. The molecule has 27 heavy (non-hydrogen) atoms. The average Bonchev–Trinajstić information content (AvgIpc) is 2.62. The van der Waals surface area contributed by atoms with Crippen LogP contribution in [0.1, 0.15) is 31.1 Å². The van der Waals surface area contributed by atoms with Gasteiger partial charge in [0.1, 0.15) is 5.58 Å². The van der Waals surface area contributed by atoms with Gasteiger partial charge in [0.25, 0.3) is 0 Å². The maximum absolute atomic E-state index is 13.0. The number of aromatic carboxylic acids is 1. The molecule has 142 valence electrons. The molecular formula is C19H18O7S. The molecule has 2 aromatic carbocycles. The molecule has 1 N–H and O–H groups in total. The van der Waals surface area contributed by atoms with E-state index in [0.717, 1.165) is 0 Å². The van der Waals surface area contributed by atoms with E-state index in [1.165, 1.54) is 30.3 Å². The van der Waals surface area contributed by atoms with Gasteiger partial charge in [0.15, 0.2) is 21.2 Å². The van der Waals surface area contributed by atoms with Crippen LogP contribution in [0.25, 0.3) is 21.9 Å². The molecule has 0 aliphatic heterocycles. The second-order valence-corrected chi connectivity index (χ2v) is 8.78. The first-order chi connectivity index (χ1) is 12.7. The summed E-state index contributed by atoms with van der Waals surface area (Å²) >= 11 is 0. The van der Waals surface area contributed by atoms with Crippen molar-refractivity contribution in [3.05, 3.63) is 46.1 Å². The minimum Gasteiger partial charge on any atom is -0.490 e. The van der Waals surface area contributed by atoms with Crippen molar-refractivity contribution in [2.45, 2.75) is 30.9 Å². The number of hydrogen-bond acceptors (Lipinski definition) is 6. The van der Waals surface area contributed by atoms with Crippen molar-refractivity contribution < 1.29 is 27.5 Å². The van der Waals surface area contributed by atoms with Gasteiger partial charge >= 0.3 is 5.97 Å². The van der Waals surface area contributed by atoms with E-state index in [1.807, 2.05) is 0 Å². The summed E-state index contributed by atoms with van der Waals surface area (Å²) in [4.78, 5) is 24.1. The fraction of sp³-hybridized carbons (Fsp3) is 0.263. The van der Waals surface area contributed by atoms with Gasteiger partial charge in [0.05, 0.1) is 33.1 Å². The van der Waals surface area contributed by atoms with E-state index in [-0.39, 0.29) is 44.8 Å². The van der Waals surface area contributed by atoms with Crippen molar-refractivity contribution in [1.29, 1.82) is 0 Å². The zero-order valence-electron chi connectivity index (χ0n) is 15.0. The molecule has 7 nitrogen and oxygen atoms in total. The number of ether oxygens (including phenoxy) is 1. The third kappa shape index (κ3) is 3.16. The number of sulfone groups is 1. The Morgan fingerprint density at radius 1 is 1.19 bits per heavy atom. The highest BCUT2D eigenvalue weighted by atomic mass is 32.2. The monoisotopic (exact) mass is 390 g/mol. The molecule has 0 atom stereocenters. The zero-order chi connectivity index (χ0) is 19.9. The molecule has 0 aliphatic carbocycles. The molecule has 0 unspecified atom stereocenters. The first kappa shape index (κ1) is 18.9. The molecule has 0 aliphatic rings. The van der Waals surface area contributed by atoms with Gasteiger partial charge in [-0.2, -0.15) is 0 Å². The van der Waals surface area contributed by atoms with Gasteiger partial charge in [-0.05, 0) is 45.0 Å². The summed E-state index contributed by atoms with van der Waals surface area (Å²) in [5.41, 5.74) is -0.265. The zero-order valence-corrected chi connectivity index (χ0v) is 15.8. The van der Waals surface area contributed by atoms with Crippen molar-refractivity contribution >= 4 is 37.7 Å². The van der Waals surface area contributed by atoms with Gasteiger partial charge in [0, 0.05) is 6.07 Å². The fourth-order valence-electron chi connectivity index (χ4n) is 2.73. The maximum atomic E-state index is 13.0. The number of rotatable bonds is 5. The third-order valence-corrected chi connectivity index (χ3v) is 6.34. The number of carboxylic acids is 1. The molecule has 8 heteroatoms. The highest BCUT2D eigenvalue weighted by Gasteiger charge is 2.24. The summed E-state index contributed by atoms with van der Waals surface area (Å²) in [5.74, 6) is -1.03. The molecule has 0 saturated heterocycles. The van der Waals surface area contributed by atoms with E-state index in [2.05, 4.69) is 0 Å². The lowest BCUT2D eigenvalue weighted by Crippen LogP contribution is -2.15. The topological polar surface area (TPSA) is 111 Å². The Balaban J connectivity index is 2.45. The molecular weight excluding hydrogens is 372 g/mol. The number of benzene rings is 2. The molecule has 0 bridgehead atoms. The molecule has 1 heterocycles. The number of carbonyl (C=O) groups is 1. The summed E-state index contributed by atoms with van der Waals surface area (Å²) in [7, 11) is -3.66. The van der Waals surface area contributed by atoms with Crippen LogP contribution in [0.2, 0.25) is 0 Å². The van der Waals surface area contributed by atoms with Crippen molar-refractivity contribution in [3.63, 3.8) is 0 Å². The van der Waals surface area contributed by atoms with Crippen LogP contribution < -0.4 is 10.2 Å². The molecule has 0 fully saturated rings. The molecule has 0 saturated carbocycles. The van der Waals surface area contributed by atoms with Gasteiger partial charge < -0.3 is 14.3 Å². The van der Waals surface area contributed by atoms with Crippen molar-refractivity contribution in [2.24, 2.45) is 0 Å². The van der Waals surface area contributed by atoms with Crippen molar-refractivity contribution in [2.75, 3.05) is 6.61 Å². The normalized spacial score (nSPS) is 12.0. The van der Waals surface area contributed by atoms with E-state index in [4.69, 9.17) is 14.3 Å². The molecule has 3 rings (SSSR count). The van der Waals surface area contributed by atoms with Gasteiger partial charge in [-0.1, -0.05) is 0 Å². The number of fused-ring (bicyclic) bond motifs is 2. The van der Waals surface area contributed by atoms with E-state index < -0.39 is 26.5 Å². The predicted octanol–water partition coefficient (Wildman–Crippen LogP) is 3.23. The Bertz CT molecular complexity index is 1220. The lowest BCUT2D eigenvalue weighted by atomic mass is 10.1. The number of carboxylic acid groups (broad SMARTS) is 1. The Kier molecular flexibility index (Phi) is 4.69. The van der Waals surface area contributed by atoms with E-state index >= 15 is 0 Å². The molecule has 0 amide bonds. The summed E-state index contributed by atoms with van der Waals surface area (Å²) in [5, 5.41) is 8.54. The average molecular weight is 390 g/mol. The van der Waals surface area contributed by atoms with Crippen molar-refractivity contribution in [1.82, 2.24) is 0 Å². The summed E-state index contributed by atoms with van der Waals surface area (Å²) in [6, 6.07) is 6.55. The second kappa shape index (κ2) is 6.70. The van der Waals surface area contributed by atoms with Crippen LogP contribution in [0.4, 0.5) is 0 Å². The largest absolute Gasteiger partial charge is 0.490 e. The van der Waals surface area contributed by atoms with Gasteiger partial charge in [-0.3, -0.25) is 4.79 Å². The standard InChI is InChI=1S/C19H18O7S/c1-4-25-16-9-12(27(23,24)10(2)3)8-14-17(20)13-7-11(19(21)22)5-6-15(13)26-18(14)16/h5-10H,4H2,1-3H3,(H,21,22). The Morgan fingerprint density at radius 3 is 2.48 bits per heavy atom. The maximum Gasteiger partial charge on any atom is 0.335 e. The highest BCUT2D eigenvalue weighted by Crippen LogP contribution is 2.32. The molecule has 1 aromatic heterocycles. The summed E-state index contributed by atoms with van der Waals surface area (Å²) < 4.78 is 36.4. The summed E-state index contributed by atoms with van der Waals surface area (Å²) in [6.07, 6.45) is 0. The SMILES string of the molecule is CCOc1cc(S(=O)(=O)C(C)C)cc2c(=O)c3cc(C(=O)O)ccc3oc12. The van der Waals surface area contributed by atoms with Crippen molar-refractivity contribution in [3.8, 4) is 5.75 Å². The van der Waals surface area contributed by atoms with E-state index in [1.54, 1.807) is 20.8 Å². The van der Waals surface area contributed by atoms with Crippen LogP contribution >= 0.6 is 0 Å². The first-order valence-corrected chi connectivity index (χ1v) is 9.86. The second-order valence-electron chi connectivity index (χ2n) is 6.27. The molecule has 0 radical (unpaired) electrons. The lowest BCUT2D eigenvalue weighted by Gasteiger charge is -2.13. The van der Waals surface area contributed by atoms with Gasteiger partial charge in [0.2, 0.25) is 5.43 Å². The van der Waals surface area contributed by atoms with E-state index in [0.29, 0.717) is 0 Å². The Morgan fingerprint density at radius 2 is 1.89 bits per heavy atom. The van der Waals surface area contributed by atoms with Crippen LogP contribution in [0.3, 0.4) is 0 Å². The smallest absolute Gasteiger partial charge is 0.335 e. The molecule has 3 aromatic rings. The fourth-order valence-corrected chi connectivity index (χ4v) is 3.83. The van der Waals surface area contributed by atoms with E-state index in [9.17, 15) is 18.0 Å². The van der Waals surface area contributed by atoms with Crippen LogP contribution in [0.15, 0.2) is 44.4 Å². The van der Waals surface area contributed by atoms with Gasteiger partial charge in [-0.25, -0.2) is 13.2 Å². The van der Waals surface area contributed by atoms with Crippen LogP contribution in [0, 0.1) is 0 Å². The van der Waals surface area contributed by atoms with Crippen LogP contribution in [-0.2, 0) is 9.84 Å². The third-order valence-electron chi connectivity index (χ3n) is 4.21. The summed E-state index contributed by atoms with van der Waals surface area (Å²) in [6.45, 7) is 5.07. The van der Waals surface area contributed by atoms with Crippen LogP contribution in [0.5, 0.6) is 5.75 Å². The minimum atomic E-state index is -3.66. The minimum absolute atomic E-state index is 0.0233. The quantitative estimate of drug-likeness (QED) is 0.666.